The maximum absolute atomic E-state index is 12.5. The monoisotopic (exact) mass is 349 g/mol. The maximum atomic E-state index is 12.5. The summed E-state index contributed by atoms with van der Waals surface area (Å²) in [6.07, 6.45) is 0. The van der Waals surface area contributed by atoms with Gasteiger partial charge in [-0.15, -0.1) is 0 Å². The summed E-state index contributed by atoms with van der Waals surface area (Å²) in [4.78, 5) is 16.6. The average Bonchev–Trinajstić information content (AvgIpc) is 2.96. The third-order valence-electron chi connectivity index (χ3n) is 3.25. The fourth-order valence-corrected chi connectivity index (χ4v) is 2.90. The molecule has 0 radical (unpaired) electrons. The van der Waals surface area contributed by atoms with Crippen molar-refractivity contribution in [2.24, 2.45) is 0 Å². The van der Waals surface area contributed by atoms with Gasteiger partial charge in [0.15, 0.2) is 11.4 Å². The quantitative estimate of drug-likeness (QED) is 0.476. The van der Waals surface area contributed by atoms with Crippen LogP contribution in [0.3, 0.4) is 0 Å². The first-order valence-electron chi connectivity index (χ1n) is 7.10. The van der Waals surface area contributed by atoms with Crippen molar-refractivity contribution in [3.8, 4) is 5.75 Å². The number of oxazole rings is 1. The van der Waals surface area contributed by atoms with Gasteiger partial charge in [0.1, 0.15) is 11.3 Å². The van der Waals surface area contributed by atoms with E-state index in [1.165, 1.54) is 12.1 Å². The van der Waals surface area contributed by atoms with E-state index in [1.54, 1.807) is 25.1 Å². The molecule has 4 nitrogen and oxygen atoms in total. The molecule has 0 bridgehead atoms. The van der Waals surface area contributed by atoms with Crippen LogP contribution in [-0.4, -0.2) is 23.1 Å². The van der Waals surface area contributed by atoms with E-state index >= 15 is 0 Å². The average molecular weight is 349 g/mol. The van der Waals surface area contributed by atoms with E-state index in [0.717, 1.165) is 17.3 Å². The first kappa shape index (κ1) is 16.4. The fraction of sp³-hybridized carbons (Fsp3) is 0.176. The number of fused-ring (bicyclic) bond motifs is 1. The molecule has 0 atom stereocenters. The van der Waals surface area contributed by atoms with Gasteiger partial charge >= 0.3 is 6.61 Å². The zero-order chi connectivity index (χ0) is 17.1. The Balaban J connectivity index is 1.75. The topological polar surface area (TPSA) is 52.3 Å². The fourth-order valence-electron chi connectivity index (χ4n) is 2.18. The van der Waals surface area contributed by atoms with E-state index in [2.05, 4.69) is 9.72 Å². The van der Waals surface area contributed by atoms with Crippen LogP contribution in [0.25, 0.3) is 11.1 Å². The SMILES string of the molecule is Cc1ccc(OC(F)F)c(C(=O)CSc2nc3ccccc3o2)c1. The Labute approximate surface area is 140 Å². The highest BCUT2D eigenvalue weighted by Gasteiger charge is 2.17. The van der Waals surface area contributed by atoms with Crippen molar-refractivity contribution in [2.75, 3.05) is 5.75 Å². The third-order valence-corrected chi connectivity index (χ3v) is 4.08. The van der Waals surface area contributed by atoms with Gasteiger partial charge in [-0.2, -0.15) is 8.78 Å². The summed E-state index contributed by atoms with van der Waals surface area (Å²) < 4.78 is 34.9. The number of aromatic nitrogens is 1. The number of hydrogen-bond donors (Lipinski definition) is 0. The molecule has 24 heavy (non-hydrogen) atoms. The van der Waals surface area contributed by atoms with Gasteiger partial charge in [0.25, 0.3) is 5.22 Å². The molecule has 0 aliphatic rings. The number of carbonyl (C=O) groups is 1. The molecule has 1 aromatic heterocycles. The van der Waals surface area contributed by atoms with Crippen molar-refractivity contribution >= 4 is 28.6 Å². The van der Waals surface area contributed by atoms with Crippen LogP contribution in [0, 0.1) is 6.92 Å². The van der Waals surface area contributed by atoms with Gasteiger partial charge in [0.05, 0.1) is 11.3 Å². The molecule has 3 rings (SSSR count). The summed E-state index contributed by atoms with van der Waals surface area (Å²) in [5.41, 5.74) is 2.24. The number of Topliss-reactive ketones (excluding diaryl/α,β-unsaturated/α-hetero) is 1. The highest BCUT2D eigenvalue weighted by molar-refractivity contribution is 7.99. The van der Waals surface area contributed by atoms with Crippen LogP contribution in [0.1, 0.15) is 15.9 Å². The standard InChI is InChI=1S/C17H13F2NO3S/c1-10-6-7-14(22-16(18)19)11(8-10)13(21)9-24-17-20-12-4-2-3-5-15(12)23-17/h2-8,16H,9H2,1H3. The molecule has 0 unspecified atom stereocenters. The van der Waals surface area contributed by atoms with Gasteiger partial charge in [-0.05, 0) is 31.2 Å². The Morgan fingerprint density at radius 1 is 1.29 bits per heavy atom. The number of ketones is 1. The van der Waals surface area contributed by atoms with Crippen molar-refractivity contribution in [2.45, 2.75) is 18.8 Å². The zero-order valence-electron chi connectivity index (χ0n) is 12.7. The van der Waals surface area contributed by atoms with Crippen LogP contribution in [0.2, 0.25) is 0 Å². The molecule has 0 saturated heterocycles. The largest absolute Gasteiger partial charge is 0.434 e. The Morgan fingerprint density at radius 3 is 2.83 bits per heavy atom. The lowest BCUT2D eigenvalue weighted by Crippen LogP contribution is -2.10. The van der Waals surface area contributed by atoms with Crippen molar-refractivity contribution in [3.63, 3.8) is 0 Å². The number of aryl methyl sites for hydroxylation is 1. The highest BCUT2D eigenvalue weighted by atomic mass is 32.2. The summed E-state index contributed by atoms with van der Waals surface area (Å²) in [5, 5.41) is 0.355. The van der Waals surface area contributed by atoms with Crippen LogP contribution in [-0.2, 0) is 0 Å². The lowest BCUT2D eigenvalue weighted by Gasteiger charge is -2.10. The molecular formula is C17H13F2NO3S. The normalized spacial score (nSPS) is 11.2. The first-order chi connectivity index (χ1) is 11.5. The smallest absolute Gasteiger partial charge is 0.387 e. The maximum Gasteiger partial charge on any atom is 0.387 e. The van der Waals surface area contributed by atoms with E-state index in [1.807, 2.05) is 12.1 Å². The minimum Gasteiger partial charge on any atom is -0.434 e. The minimum absolute atomic E-state index is 0.00979. The summed E-state index contributed by atoms with van der Waals surface area (Å²) >= 11 is 1.11. The summed E-state index contributed by atoms with van der Waals surface area (Å²) in [6.45, 7) is -1.21. The van der Waals surface area contributed by atoms with Crippen LogP contribution in [0.5, 0.6) is 5.75 Å². The molecule has 1 heterocycles. The van der Waals surface area contributed by atoms with Crippen molar-refractivity contribution in [1.29, 1.82) is 0 Å². The van der Waals surface area contributed by atoms with Gasteiger partial charge in [-0.1, -0.05) is 35.5 Å². The van der Waals surface area contributed by atoms with Gasteiger partial charge < -0.3 is 9.15 Å². The molecule has 7 heteroatoms. The minimum atomic E-state index is -2.98. The Kier molecular flexibility index (Phi) is 4.80. The number of rotatable bonds is 6. The second kappa shape index (κ2) is 7.00. The van der Waals surface area contributed by atoms with Crippen LogP contribution in [0.4, 0.5) is 8.78 Å². The van der Waals surface area contributed by atoms with Crippen molar-refractivity contribution < 1.29 is 22.7 Å². The second-order valence-electron chi connectivity index (χ2n) is 5.04. The summed E-state index contributed by atoms with van der Waals surface area (Å²) in [5.74, 6) is -0.448. The highest BCUT2D eigenvalue weighted by Crippen LogP contribution is 2.27. The van der Waals surface area contributed by atoms with E-state index in [0.29, 0.717) is 16.3 Å². The predicted molar refractivity (Wildman–Crippen MR) is 86.9 cm³/mol. The van der Waals surface area contributed by atoms with Gasteiger partial charge in [0.2, 0.25) is 0 Å². The number of hydrogen-bond acceptors (Lipinski definition) is 5. The zero-order valence-corrected chi connectivity index (χ0v) is 13.5. The molecular weight excluding hydrogens is 336 g/mol. The van der Waals surface area contributed by atoms with Crippen LogP contribution >= 0.6 is 11.8 Å². The van der Waals surface area contributed by atoms with Crippen LogP contribution in [0.15, 0.2) is 52.1 Å². The lowest BCUT2D eigenvalue weighted by atomic mass is 10.1. The second-order valence-corrected chi connectivity index (χ2v) is 5.96. The number of benzene rings is 2. The molecule has 0 fully saturated rings. The molecule has 0 aliphatic carbocycles. The number of carbonyl (C=O) groups excluding carboxylic acids is 1. The Bertz CT molecular complexity index is 846. The lowest BCUT2D eigenvalue weighted by molar-refractivity contribution is -0.0501. The van der Waals surface area contributed by atoms with Crippen molar-refractivity contribution in [3.05, 3.63) is 53.6 Å². The number of para-hydroxylation sites is 2. The molecule has 0 amide bonds. The molecule has 124 valence electrons. The molecule has 0 aliphatic heterocycles. The molecule has 2 aromatic carbocycles. The summed E-state index contributed by atoms with van der Waals surface area (Å²) in [7, 11) is 0. The number of alkyl halides is 2. The number of ether oxygens (including phenoxy) is 1. The molecule has 0 N–H and O–H groups in total. The number of halogens is 2. The van der Waals surface area contributed by atoms with E-state index in [9.17, 15) is 13.6 Å². The number of nitrogens with zero attached hydrogens (tertiary/aromatic N) is 1. The van der Waals surface area contributed by atoms with Crippen molar-refractivity contribution in [1.82, 2.24) is 4.98 Å². The van der Waals surface area contributed by atoms with E-state index < -0.39 is 6.61 Å². The van der Waals surface area contributed by atoms with E-state index in [4.69, 9.17) is 4.42 Å². The third kappa shape index (κ3) is 3.73. The Morgan fingerprint density at radius 2 is 2.08 bits per heavy atom. The van der Waals surface area contributed by atoms with Gasteiger partial charge in [-0.25, -0.2) is 4.98 Å². The molecule has 0 spiro atoms. The van der Waals surface area contributed by atoms with E-state index in [-0.39, 0.29) is 22.8 Å². The van der Waals surface area contributed by atoms with Crippen LogP contribution < -0.4 is 4.74 Å². The van der Waals surface area contributed by atoms with Gasteiger partial charge in [-0.3, -0.25) is 4.79 Å². The van der Waals surface area contributed by atoms with Gasteiger partial charge in [0, 0.05) is 0 Å². The predicted octanol–water partition coefficient (Wildman–Crippen LogP) is 4.71. The summed E-state index contributed by atoms with van der Waals surface area (Å²) in [6, 6.07) is 11.8. The molecule has 3 aromatic rings. The Hall–Kier alpha value is -2.41. The first-order valence-corrected chi connectivity index (χ1v) is 8.08. The number of thioether (sulfide) groups is 1. The molecule has 0 saturated carbocycles.